The molecule has 0 unspecified atom stereocenters. The van der Waals surface area contributed by atoms with Gasteiger partial charge in [0.2, 0.25) is 0 Å². The quantitative estimate of drug-likeness (QED) is 0.582. The zero-order valence-corrected chi connectivity index (χ0v) is 11.0. The number of halogens is 1. The third kappa shape index (κ3) is 3.74. The SMILES string of the molecule is COc1ccccc1N(C)CCCCBr. The molecule has 0 atom stereocenters. The van der Waals surface area contributed by atoms with E-state index in [-0.39, 0.29) is 0 Å². The highest BCUT2D eigenvalue weighted by Crippen LogP contribution is 2.26. The van der Waals surface area contributed by atoms with E-state index in [1.807, 2.05) is 18.2 Å². The standard InChI is InChI=1S/C12H18BrNO/c1-14(10-6-5-9-13)11-7-3-4-8-12(11)15-2/h3-4,7-8H,5-6,9-10H2,1-2H3. The van der Waals surface area contributed by atoms with E-state index < -0.39 is 0 Å². The van der Waals surface area contributed by atoms with Crippen LogP contribution in [0, 0.1) is 0 Å². The average Bonchev–Trinajstić information content (AvgIpc) is 2.29. The number of rotatable bonds is 6. The minimum atomic E-state index is 0.943. The Bertz CT molecular complexity index is 291. The Balaban J connectivity index is 2.59. The van der Waals surface area contributed by atoms with Crippen LogP contribution in [0.5, 0.6) is 5.75 Å². The van der Waals surface area contributed by atoms with Crippen molar-refractivity contribution < 1.29 is 4.74 Å². The zero-order valence-electron chi connectivity index (χ0n) is 9.37. The fourth-order valence-corrected chi connectivity index (χ4v) is 1.91. The summed E-state index contributed by atoms with van der Waals surface area (Å²) in [6.07, 6.45) is 2.40. The van der Waals surface area contributed by atoms with Crippen molar-refractivity contribution in [3.8, 4) is 5.75 Å². The van der Waals surface area contributed by atoms with Gasteiger partial charge < -0.3 is 9.64 Å². The highest BCUT2D eigenvalue weighted by molar-refractivity contribution is 9.09. The molecule has 0 aliphatic carbocycles. The summed E-state index contributed by atoms with van der Waals surface area (Å²) in [6, 6.07) is 8.12. The summed E-state index contributed by atoms with van der Waals surface area (Å²) in [6.45, 7) is 1.06. The first kappa shape index (κ1) is 12.4. The molecule has 0 spiro atoms. The molecule has 0 aliphatic heterocycles. The van der Waals surface area contributed by atoms with Gasteiger partial charge in [-0.3, -0.25) is 0 Å². The van der Waals surface area contributed by atoms with Gasteiger partial charge in [-0.15, -0.1) is 0 Å². The van der Waals surface area contributed by atoms with Crippen molar-refractivity contribution in [2.75, 3.05) is 30.9 Å². The lowest BCUT2D eigenvalue weighted by atomic mass is 10.2. The van der Waals surface area contributed by atoms with Crippen molar-refractivity contribution in [2.45, 2.75) is 12.8 Å². The van der Waals surface area contributed by atoms with Gasteiger partial charge in [0.05, 0.1) is 12.8 Å². The third-order valence-electron chi connectivity index (χ3n) is 2.37. The van der Waals surface area contributed by atoms with Crippen molar-refractivity contribution in [3.05, 3.63) is 24.3 Å². The molecular weight excluding hydrogens is 254 g/mol. The third-order valence-corrected chi connectivity index (χ3v) is 2.93. The molecule has 15 heavy (non-hydrogen) atoms. The van der Waals surface area contributed by atoms with Crippen molar-refractivity contribution in [2.24, 2.45) is 0 Å². The van der Waals surface area contributed by atoms with E-state index in [1.165, 1.54) is 12.8 Å². The summed E-state index contributed by atoms with van der Waals surface area (Å²) in [5.74, 6) is 0.943. The molecule has 0 amide bonds. The Kier molecular flexibility index (Phi) is 5.54. The van der Waals surface area contributed by atoms with E-state index >= 15 is 0 Å². The summed E-state index contributed by atoms with van der Waals surface area (Å²) in [7, 11) is 3.82. The van der Waals surface area contributed by atoms with Crippen LogP contribution < -0.4 is 9.64 Å². The first-order valence-electron chi connectivity index (χ1n) is 5.19. The number of methoxy groups -OCH3 is 1. The molecule has 1 aromatic carbocycles. The van der Waals surface area contributed by atoms with Gasteiger partial charge in [-0.05, 0) is 25.0 Å². The maximum Gasteiger partial charge on any atom is 0.142 e. The summed E-state index contributed by atoms with van der Waals surface area (Å²) in [5, 5.41) is 1.08. The van der Waals surface area contributed by atoms with Crippen LogP contribution in [0.2, 0.25) is 0 Å². The number of hydrogen-bond acceptors (Lipinski definition) is 2. The van der Waals surface area contributed by atoms with Crippen molar-refractivity contribution in [1.29, 1.82) is 0 Å². The lowest BCUT2D eigenvalue weighted by molar-refractivity contribution is 0.414. The normalized spacial score (nSPS) is 10.1. The number of para-hydroxylation sites is 2. The monoisotopic (exact) mass is 271 g/mol. The second kappa shape index (κ2) is 6.72. The van der Waals surface area contributed by atoms with Gasteiger partial charge in [-0.1, -0.05) is 28.1 Å². The second-order valence-corrected chi connectivity index (χ2v) is 4.28. The Hall–Kier alpha value is -0.700. The predicted molar refractivity (Wildman–Crippen MR) is 69.3 cm³/mol. The van der Waals surface area contributed by atoms with Crippen LogP contribution in [-0.2, 0) is 0 Å². The second-order valence-electron chi connectivity index (χ2n) is 3.49. The molecule has 0 heterocycles. The van der Waals surface area contributed by atoms with E-state index in [4.69, 9.17) is 4.74 Å². The maximum absolute atomic E-state index is 5.32. The number of anilines is 1. The van der Waals surface area contributed by atoms with Crippen molar-refractivity contribution in [3.63, 3.8) is 0 Å². The van der Waals surface area contributed by atoms with Gasteiger partial charge in [0.15, 0.2) is 0 Å². The summed E-state index contributed by atoms with van der Waals surface area (Å²) in [5.41, 5.74) is 1.16. The first-order valence-corrected chi connectivity index (χ1v) is 6.32. The van der Waals surface area contributed by atoms with Crippen LogP contribution in [-0.4, -0.2) is 26.0 Å². The van der Waals surface area contributed by atoms with Gasteiger partial charge in [0.25, 0.3) is 0 Å². The molecule has 1 aromatic rings. The molecule has 1 rings (SSSR count). The topological polar surface area (TPSA) is 12.5 Å². The van der Waals surface area contributed by atoms with Crippen LogP contribution in [0.3, 0.4) is 0 Å². The molecule has 0 saturated carbocycles. The molecular formula is C12H18BrNO. The highest BCUT2D eigenvalue weighted by atomic mass is 79.9. The Morgan fingerprint density at radius 2 is 2.00 bits per heavy atom. The van der Waals surface area contributed by atoms with Crippen LogP contribution in [0.4, 0.5) is 5.69 Å². The van der Waals surface area contributed by atoms with Gasteiger partial charge in [-0.25, -0.2) is 0 Å². The lowest BCUT2D eigenvalue weighted by Crippen LogP contribution is -2.19. The summed E-state index contributed by atoms with van der Waals surface area (Å²) in [4.78, 5) is 2.24. The van der Waals surface area contributed by atoms with Gasteiger partial charge in [0, 0.05) is 18.9 Å². The molecule has 0 saturated heterocycles. The van der Waals surface area contributed by atoms with Crippen molar-refractivity contribution in [1.82, 2.24) is 0 Å². The summed E-state index contributed by atoms with van der Waals surface area (Å²) < 4.78 is 5.32. The molecule has 84 valence electrons. The van der Waals surface area contributed by atoms with E-state index in [2.05, 4.69) is 33.9 Å². The minimum Gasteiger partial charge on any atom is -0.495 e. The Labute approximate surface area is 100 Å². The largest absolute Gasteiger partial charge is 0.495 e. The molecule has 0 fully saturated rings. The minimum absolute atomic E-state index is 0.943. The Morgan fingerprint density at radius 1 is 1.27 bits per heavy atom. The number of ether oxygens (including phenoxy) is 1. The van der Waals surface area contributed by atoms with Crippen LogP contribution in [0.1, 0.15) is 12.8 Å². The molecule has 2 nitrogen and oxygen atoms in total. The van der Waals surface area contributed by atoms with Crippen LogP contribution in [0.15, 0.2) is 24.3 Å². The van der Waals surface area contributed by atoms with Gasteiger partial charge >= 0.3 is 0 Å². The van der Waals surface area contributed by atoms with Crippen LogP contribution >= 0.6 is 15.9 Å². The van der Waals surface area contributed by atoms with Crippen LogP contribution in [0.25, 0.3) is 0 Å². The molecule has 0 aliphatic rings. The van der Waals surface area contributed by atoms with E-state index in [0.717, 1.165) is 23.3 Å². The van der Waals surface area contributed by atoms with E-state index in [9.17, 15) is 0 Å². The zero-order chi connectivity index (χ0) is 11.1. The highest BCUT2D eigenvalue weighted by Gasteiger charge is 2.05. The number of alkyl halides is 1. The molecule has 0 aromatic heterocycles. The van der Waals surface area contributed by atoms with Gasteiger partial charge in [-0.2, -0.15) is 0 Å². The molecule has 0 radical (unpaired) electrons. The smallest absolute Gasteiger partial charge is 0.142 e. The average molecular weight is 272 g/mol. The van der Waals surface area contributed by atoms with E-state index in [0.29, 0.717) is 0 Å². The lowest BCUT2D eigenvalue weighted by Gasteiger charge is -2.21. The number of nitrogens with zero attached hydrogens (tertiary/aromatic N) is 1. The number of unbranched alkanes of at least 4 members (excludes halogenated alkanes) is 1. The first-order chi connectivity index (χ1) is 7.29. The maximum atomic E-state index is 5.32. The summed E-state index contributed by atoms with van der Waals surface area (Å²) >= 11 is 3.44. The number of hydrogen-bond donors (Lipinski definition) is 0. The fourth-order valence-electron chi connectivity index (χ4n) is 1.51. The number of benzene rings is 1. The fraction of sp³-hybridized carbons (Fsp3) is 0.500. The Morgan fingerprint density at radius 3 is 2.67 bits per heavy atom. The van der Waals surface area contributed by atoms with E-state index in [1.54, 1.807) is 7.11 Å². The van der Waals surface area contributed by atoms with Gasteiger partial charge in [0.1, 0.15) is 5.75 Å². The molecule has 0 N–H and O–H groups in total. The van der Waals surface area contributed by atoms with Crippen molar-refractivity contribution >= 4 is 21.6 Å². The molecule has 0 bridgehead atoms. The molecule has 3 heteroatoms. The predicted octanol–water partition coefficient (Wildman–Crippen LogP) is 3.31.